The third kappa shape index (κ3) is 1.22. The van der Waals surface area contributed by atoms with Crippen LogP contribution < -0.4 is 5.73 Å². The number of hydrogen-bond donors (Lipinski definition) is 1. The van der Waals surface area contributed by atoms with E-state index in [-0.39, 0.29) is 9.92 Å². The maximum absolute atomic E-state index is 10.5. The number of nitro groups is 1. The summed E-state index contributed by atoms with van der Waals surface area (Å²) in [5, 5.41) is 11.5. The summed E-state index contributed by atoms with van der Waals surface area (Å²) in [6.45, 7) is 1.89. The zero-order valence-electron chi connectivity index (χ0n) is 7.48. The summed E-state index contributed by atoms with van der Waals surface area (Å²) in [4.78, 5) is 10.2. The van der Waals surface area contributed by atoms with Gasteiger partial charge in [0, 0.05) is 11.5 Å². The average molecular weight is 208 g/mol. The van der Waals surface area contributed by atoms with Gasteiger partial charge in [0.1, 0.15) is 0 Å². The highest BCUT2D eigenvalue weighted by Crippen LogP contribution is 2.36. The van der Waals surface area contributed by atoms with E-state index in [1.165, 1.54) is 0 Å². The van der Waals surface area contributed by atoms with E-state index in [1.807, 2.05) is 19.1 Å². The predicted octanol–water partition coefficient (Wildman–Crippen LogP) is 2.70. The number of anilines is 1. The Morgan fingerprint density at radius 2 is 2.21 bits per heavy atom. The zero-order valence-corrected chi connectivity index (χ0v) is 8.30. The molecule has 0 bridgehead atoms. The fraction of sp³-hybridized carbons (Fsp3) is 0.111. The minimum absolute atomic E-state index is 0.136. The molecule has 2 N–H and O–H groups in total. The summed E-state index contributed by atoms with van der Waals surface area (Å²) in [7, 11) is 0. The van der Waals surface area contributed by atoms with Crippen LogP contribution >= 0.6 is 11.3 Å². The fourth-order valence-electron chi connectivity index (χ4n) is 1.30. The number of rotatable bonds is 1. The molecule has 0 amide bonds. The van der Waals surface area contributed by atoms with E-state index >= 15 is 0 Å². The number of hydrogen-bond acceptors (Lipinski definition) is 4. The third-order valence-corrected chi connectivity index (χ3v) is 3.25. The van der Waals surface area contributed by atoms with E-state index in [9.17, 15) is 10.1 Å². The van der Waals surface area contributed by atoms with Gasteiger partial charge < -0.3 is 5.73 Å². The number of nitrogens with two attached hydrogens (primary N) is 1. The molecule has 14 heavy (non-hydrogen) atoms. The van der Waals surface area contributed by atoms with Crippen molar-refractivity contribution < 1.29 is 4.92 Å². The Hall–Kier alpha value is -1.62. The van der Waals surface area contributed by atoms with Crippen LogP contribution in [0.5, 0.6) is 0 Å². The monoisotopic (exact) mass is 208 g/mol. The van der Waals surface area contributed by atoms with Crippen molar-refractivity contribution in [2.24, 2.45) is 0 Å². The van der Waals surface area contributed by atoms with Gasteiger partial charge in [0.15, 0.2) is 0 Å². The molecule has 0 radical (unpaired) electrons. The first-order chi connectivity index (χ1) is 6.59. The van der Waals surface area contributed by atoms with Gasteiger partial charge in [-0.2, -0.15) is 0 Å². The lowest BCUT2D eigenvalue weighted by atomic mass is 10.1. The Morgan fingerprint density at radius 3 is 2.86 bits per heavy atom. The van der Waals surface area contributed by atoms with Gasteiger partial charge in [-0.3, -0.25) is 10.1 Å². The van der Waals surface area contributed by atoms with Crippen molar-refractivity contribution in [3.05, 3.63) is 33.9 Å². The Bertz CT molecular complexity index is 519. The lowest BCUT2D eigenvalue weighted by Gasteiger charge is -1.98. The standard InChI is InChI=1S/C9H8N2O2S/c1-5-2-3-6-4-7(11(12)13)14-9(6)8(5)10/h2-4H,10H2,1H3. The van der Waals surface area contributed by atoms with Gasteiger partial charge in [0.25, 0.3) is 0 Å². The SMILES string of the molecule is Cc1ccc2cc([N+](=O)[O-])sc2c1N. The molecule has 0 saturated heterocycles. The summed E-state index contributed by atoms with van der Waals surface area (Å²) < 4.78 is 0.803. The minimum atomic E-state index is -0.389. The number of thiophene rings is 1. The van der Waals surface area contributed by atoms with Crippen molar-refractivity contribution in [1.29, 1.82) is 0 Å². The Labute approximate surface area is 84.1 Å². The first kappa shape index (κ1) is 8.96. The second-order valence-corrected chi connectivity index (χ2v) is 4.09. The molecule has 0 unspecified atom stereocenters. The zero-order chi connectivity index (χ0) is 10.3. The van der Waals surface area contributed by atoms with E-state index in [0.29, 0.717) is 5.69 Å². The summed E-state index contributed by atoms with van der Waals surface area (Å²) in [5.41, 5.74) is 7.41. The van der Waals surface area contributed by atoms with Crippen molar-refractivity contribution in [3.63, 3.8) is 0 Å². The van der Waals surface area contributed by atoms with E-state index in [1.54, 1.807) is 6.07 Å². The molecule has 0 saturated carbocycles. The van der Waals surface area contributed by atoms with Gasteiger partial charge in [0.05, 0.1) is 15.3 Å². The smallest absolute Gasteiger partial charge is 0.325 e. The van der Waals surface area contributed by atoms with Crippen LogP contribution in [0.3, 0.4) is 0 Å². The van der Waals surface area contributed by atoms with E-state index in [4.69, 9.17) is 5.73 Å². The second kappa shape index (κ2) is 2.95. The number of fused-ring (bicyclic) bond motifs is 1. The van der Waals surface area contributed by atoms with Crippen LogP contribution in [0, 0.1) is 17.0 Å². The van der Waals surface area contributed by atoms with E-state index < -0.39 is 0 Å². The maximum atomic E-state index is 10.5. The van der Waals surface area contributed by atoms with Crippen LogP contribution in [0.1, 0.15) is 5.56 Å². The van der Waals surface area contributed by atoms with Gasteiger partial charge in [-0.15, -0.1) is 0 Å². The highest BCUT2D eigenvalue weighted by molar-refractivity contribution is 7.22. The van der Waals surface area contributed by atoms with Crippen molar-refractivity contribution in [3.8, 4) is 0 Å². The van der Waals surface area contributed by atoms with Crippen molar-refractivity contribution >= 4 is 32.1 Å². The molecular weight excluding hydrogens is 200 g/mol. The lowest BCUT2D eigenvalue weighted by Crippen LogP contribution is -1.87. The molecule has 0 aliphatic heterocycles. The topological polar surface area (TPSA) is 69.2 Å². The number of aryl methyl sites for hydroxylation is 1. The Balaban J connectivity index is 2.77. The van der Waals surface area contributed by atoms with Gasteiger partial charge >= 0.3 is 5.00 Å². The Kier molecular flexibility index (Phi) is 1.89. The van der Waals surface area contributed by atoms with Crippen LogP contribution in [0.2, 0.25) is 0 Å². The molecular formula is C9H8N2O2S. The molecule has 72 valence electrons. The molecule has 4 nitrogen and oxygen atoms in total. The number of nitrogen functional groups attached to an aromatic ring is 1. The van der Waals surface area contributed by atoms with E-state index in [2.05, 4.69) is 0 Å². The molecule has 1 aromatic carbocycles. The normalized spacial score (nSPS) is 10.6. The van der Waals surface area contributed by atoms with Crippen LogP contribution in [0.4, 0.5) is 10.7 Å². The summed E-state index contributed by atoms with van der Waals surface area (Å²) in [6, 6.07) is 5.27. The molecule has 0 aliphatic rings. The lowest BCUT2D eigenvalue weighted by molar-refractivity contribution is -0.380. The number of nitrogens with zero attached hydrogens (tertiary/aromatic N) is 1. The first-order valence-electron chi connectivity index (χ1n) is 4.02. The van der Waals surface area contributed by atoms with Gasteiger partial charge in [-0.05, 0) is 12.5 Å². The van der Waals surface area contributed by atoms with Crippen LogP contribution in [-0.4, -0.2) is 4.92 Å². The molecule has 0 fully saturated rings. The molecule has 0 spiro atoms. The molecule has 5 heteroatoms. The van der Waals surface area contributed by atoms with Gasteiger partial charge in [-0.1, -0.05) is 23.5 Å². The maximum Gasteiger partial charge on any atom is 0.325 e. The van der Waals surface area contributed by atoms with Crippen molar-refractivity contribution in [1.82, 2.24) is 0 Å². The van der Waals surface area contributed by atoms with Crippen LogP contribution in [-0.2, 0) is 0 Å². The van der Waals surface area contributed by atoms with Gasteiger partial charge in [0.2, 0.25) is 0 Å². The molecule has 1 heterocycles. The van der Waals surface area contributed by atoms with Gasteiger partial charge in [-0.25, -0.2) is 0 Å². The van der Waals surface area contributed by atoms with Crippen molar-refractivity contribution in [2.75, 3.05) is 5.73 Å². The minimum Gasteiger partial charge on any atom is -0.397 e. The fourth-order valence-corrected chi connectivity index (χ4v) is 2.28. The summed E-state index contributed by atoms with van der Waals surface area (Å²) in [6.07, 6.45) is 0. The summed E-state index contributed by atoms with van der Waals surface area (Å²) >= 11 is 1.12. The molecule has 2 aromatic rings. The predicted molar refractivity (Wildman–Crippen MR) is 57.6 cm³/mol. The average Bonchev–Trinajstić information content (AvgIpc) is 2.56. The second-order valence-electron chi connectivity index (χ2n) is 3.06. The summed E-state index contributed by atoms with van der Waals surface area (Å²) in [5.74, 6) is 0. The first-order valence-corrected chi connectivity index (χ1v) is 4.84. The van der Waals surface area contributed by atoms with Crippen molar-refractivity contribution in [2.45, 2.75) is 6.92 Å². The quantitative estimate of drug-likeness (QED) is 0.445. The highest BCUT2D eigenvalue weighted by atomic mass is 32.1. The highest BCUT2D eigenvalue weighted by Gasteiger charge is 2.13. The molecule has 0 atom stereocenters. The van der Waals surface area contributed by atoms with Crippen LogP contribution in [0.15, 0.2) is 18.2 Å². The van der Waals surface area contributed by atoms with E-state index in [0.717, 1.165) is 27.0 Å². The molecule has 2 rings (SSSR count). The molecule has 0 aliphatic carbocycles. The largest absolute Gasteiger partial charge is 0.397 e. The van der Waals surface area contributed by atoms with Crippen LogP contribution in [0.25, 0.3) is 10.1 Å². The Morgan fingerprint density at radius 1 is 1.50 bits per heavy atom. The number of benzene rings is 1. The third-order valence-electron chi connectivity index (χ3n) is 2.11. The molecule has 1 aromatic heterocycles.